The molecule has 2 heterocycles. The molecule has 1 unspecified atom stereocenters. The van der Waals surface area contributed by atoms with E-state index in [4.69, 9.17) is 4.74 Å². The van der Waals surface area contributed by atoms with Crippen molar-refractivity contribution in [2.24, 2.45) is 0 Å². The molecule has 2 N–H and O–H groups in total. The number of aromatic nitrogens is 2. The molecule has 4 heteroatoms. The zero-order valence-corrected chi connectivity index (χ0v) is 9.25. The zero-order chi connectivity index (χ0) is 10.5. The number of nitrogens with one attached hydrogen (secondary N) is 2. The second-order valence-corrected chi connectivity index (χ2v) is 4.14. The molecule has 1 aromatic rings. The molecule has 1 atom stereocenters. The van der Waals surface area contributed by atoms with Crippen LogP contribution in [0.4, 0.5) is 0 Å². The van der Waals surface area contributed by atoms with Gasteiger partial charge in [-0.05, 0) is 26.2 Å². The van der Waals surface area contributed by atoms with Gasteiger partial charge in [0.25, 0.3) is 0 Å². The average molecular weight is 209 g/mol. The summed E-state index contributed by atoms with van der Waals surface area (Å²) in [7, 11) is 0. The maximum absolute atomic E-state index is 5.43. The van der Waals surface area contributed by atoms with E-state index in [1.807, 2.05) is 6.20 Å². The van der Waals surface area contributed by atoms with Crippen LogP contribution in [0, 0.1) is 6.92 Å². The highest BCUT2D eigenvalue weighted by atomic mass is 16.5. The molecule has 0 spiro atoms. The van der Waals surface area contributed by atoms with Gasteiger partial charge in [-0.2, -0.15) is 5.10 Å². The van der Waals surface area contributed by atoms with Gasteiger partial charge in [0.15, 0.2) is 0 Å². The second kappa shape index (κ2) is 5.28. The van der Waals surface area contributed by atoms with Gasteiger partial charge in [0, 0.05) is 37.1 Å². The standard InChI is InChI=1S/C11H19N3O/c1-9-10(8-13-14-9)7-12-11-3-2-5-15-6-4-11/h8,11-12H,2-7H2,1H3,(H,13,14). The van der Waals surface area contributed by atoms with Gasteiger partial charge in [-0.25, -0.2) is 0 Å². The van der Waals surface area contributed by atoms with Gasteiger partial charge in [0.2, 0.25) is 0 Å². The molecule has 0 aromatic carbocycles. The largest absolute Gasteiger partial charge is 0.381 e. The molecule has 1 aromatic heterocycles. The number of ether oxygens (including phenoxy) is 1. The second-order valence-electron chi connectivity index (χ2n) is 4.14. The first-order chi connectivity index (χ1) is 7.36. The summed E-state index contributed by atoms with van der Waals surface area (Å²) < 4.78 is 5.43. The van der Waals surface area contributed by atoms with Gasteiger partial charge in [-0.1, -0.05) is 0 Å². The number of nitrogens with zero attached hydrogens (tertiary/aromatic N) is 1. The van der Waals surface area contributed by atoms with E-state index in [1.165, 1.54) is 18.4 Å². The van der Waals surface area contributed by atoms with Crippen molar-refractivity contribution < 1.29 is 4.74 Å². The van der Waals surface area contributed by atoms with Crippen molar-refractivity contribution in [3.05, 3.63) is 17.5 Å². The van der Waals surface area contributed by atoms with Gasteiger partial charge in [-0.3, -0.25) is 5.10 Å². The molecule has 4 nitrogen and oxygen atoms in total. The Morgan fingerprint density at radius 2 is 2.47 bits per heavy atom. The number of rotatable bonds is 3. The first-order valence-electron chi connectivity index (χ1n) is 5.66. The lowest BCUT2D eigenvalue weighted by Crippen LogP contribution is -2.28. The van der Waals surface area contributed by atoms with Gasteiger partial charge in [-0.15, -0.1) is 0 Å². The van der Waals surface area contributed by atoms with Crippen LogP contribution in [0.15, 0.2) is 6.20 Å². The number of hydrogen-bond donors (Lipinski definition) is 2. The summed E-state index contributed by atoms with van der Waals surface area (Å²) in [5, 5.41) is 10.5. The molecule has 1 fully saturated rings. The van der Waals surface area contributed by atoms with Crippen molar-refractivity contribution in [1.29, 1.82) is 0 Å². The van der Waals surface area contributed by atoms with Crippen molar-refractivity contribution in [3.8, 4) is 0 Å². The Labute approximate surface area is 90.4 Å². The molecule has 1 aliphatic rings. The molecule has 0 radical (unpaired) electrons. The summed E-state index contributed by atoms with van der Waals surface area (Å²) >= 11 is 0. The summed E-state index contributed by atoms with van der Waals surface area (Å²) in [6, 6.07) is 0.599. The van der Waals surface area contributed by atoms with Crippen LogP contribution in [-0.2, 0) is 11.3 Å². The molecule has 1 saturated heterocycles. The number of H-pyrrole nitrogens is 1. The van der Waals surface area contributed by atoms with Crippen molar-refractivity contribution >= 4 is 0 Å². The molecule has 0 amide bonds. The van der Waals surface area contributed by atoms with E-state index in [9.17, 15) is 0 Å². The van der Waals surface area contributed by atoms with Crippen molar-refractivity contribution in [2.45, 2.75) is 38.8 Å². The SMILES string of the molecule is Cc1[nH]ncc1CNC1CCCOCC1. The van der Waals surface area contributed by atoms with Gasteiger partial charge in [0.05, 0.1) is 6.20 Å². The van der Waals surface area contributed by atoms with Crippen LogP contribution in [0.3, 0.4) is 0 Å². The lowest BCUT2D eigenvalue weighted by Gasteiger charge is -2.14. The summed E-state index contributed by atoms with van der Waals surface area (Å²) in [6.45, 7) is 4.78. The third-order valence-electron chi connectivity index (χ3n) is 2.97. The predicted molar refractivity (Wildman–Crippen MR) is 58.6 cm³/mol. The monoisotopic (exact) mass is 209 g/mol. The fourth-order valence-corrected chi connectivity index (χ4v) is 1.92. The van der Waals surface area contributed by atoms with Crippen LogP contribution in [0.1, 0.15) is 30.5 Å². The van der Waals surface area contributed by atoms with Crippen molar-refractivity contribution in [2.75, 3.05) is 13.2 Å². The molecular weight excluding hydrogens is 190 g/mol. The third-order valence-corrected chi connectivity index (χ3v) is 2.97. The van der Waals surface area contributed by atoms with Crippen LogP contribution >= 0.6 is 0 Å². The van der Waals surface area contributed by atoms with E-state index >= 15 is 0 Å². The average Bonchev–Trinajstić information content (AvgIpc) is 2.53. The topological polar surface area (TPSA) is 49.9 Å². The van der Waals surface area contributed by atoms with E-state index in [-0.39, 0.29) is 0 Å². The first-order valence-corrected chi connectivity index (χ1v) is 5.66. The molecule has 15 heavy (non-hydrogen) atoms. The van der Waals surface area contributed by atoms with Crippen molar-refractivity contribution in [3.63, 3.8) is 0 Å². The third kappa shape index (κ3) is 3.04. The van der Waals surface area contributed by atoms with Crippen LogP contribution in [0.25, 0.3) is 0 Å². The van der Waals surface area contributed by atoms with E-state index in [2.05, 4.69) is 22.4 Å². The highest BCUT2D eigenvalue weighted by Gasteiger charge is 2.12. The molecule has 0 aliphatic carbocycles. The Hall–Kier alpha value is -0.870. The lowest BCUT2D eigenvalue weighted by molar-refractivity contribution is 0.142. The minimum Gasteiger partial charge on any atom is -0.381 e. The Bertz CT molecular complexity index is 290. The minimum absolute atomic E-state index is 0.599. The first kappa shape index (κ1) is 10.6. The Morgan fingerprint density at radius 3 is 3.27 bits per heavy atom. The Kier molecular flexibility index (Phi) is 3.75. The Morgan fingerprint density at radius 1 is 1.53 bits per heavy atom. The summed E-state index contributed by atoms with van der Waals surface area (Å²) in [4.78, 5) is 0. The van der Waals surface area contributed by atoms with Gasteiger partial charge < -0.3 is 10.1 Å². The van der Waals surface area contributed by atoms with Crippen LogP contribution in [0.5, 0.6) is 0 Å². The summed E-state index contributed by atoms with van der Waals surface area (Å²) in [6.07, 6.45) is 5.41. The summed E-state index contributed by atoms with van der Waals surface area (Å²) in [5.74, 6) is 0. The molecule has 84 valence electrons. The van der Waals surface area contributed by atoms with E-state index < -0.39 is 0 Å². The molecule has 0 bridgehead atoms. The molecule has 0 saturated carbocycles. The summed E-state index contributed by atoms with van der Waals surface area (Å²) in [5.41, 5.74) is 2.42. The fraction of sp³-hybridized carbons (Fsp3) is 0.727. The maximum atomic E-state index is 5.43. The normalized spacial score (nSPS) is 22.6. The van der Waals surface area contributed by atoms with Crippen LogP contribution in [-0.4, -0.2) is 29.5 Å². The predicted octanol–water partition coefficient (Wildman–Crippen LogP) is 1.38. The quantitative estimate of drug-likeness (QED) is 0.790. The maximum Gasteiger partial charge on any atom is 0.0535 e. The Balaban J connectivity index is 1.79. The highest BCUT2D eigenvalue weighted by molar-refractivity contribution is 5.13. The number of aromatic amines is 1. The fourth-order valence-electron chi connectivity index (χ4n) is 1.92. The molecule has 1 aliphatic heterocycles. The number of aryl methyl sites for hydroxylation is 1. The van der Waals surface area contributed by atoms with Crippen LogP contribution < -0.4 is 5.32 Å². The van der Waals surface area contributed by atoms with E-state index in [0.29, 0.717) is 6.04 Å². The molecular formula is C11H19N3O. The van der Waals surface area contributed by atoms with Gasteiger partial charge in [0.1, 0.15) is 0 Å². The highest BCUT2D eigenvalue weighted by Crippen LogP contribution is 2.10. The molecule has 2 rings (SSSR count). The lowest BCUT2D eigenvalue weighted by atomic mass is 10.1. The van der Waals surface area contributed by atoms with E-state index in [0.717, 1.165) is 31.9 Å². The van der Waals surface area contributed by atoms with Crippen LogP contribution in [0.2, 0.25) is 0 Å². The number of hydrogen-bond acceptors (Lipinski definition) is 3. The van der Waals surface area contributed by atoms with Gasteiger partial charge >= 0.3 is 0 Å². The minimum atomic E-state index is 0.599. The smallest absolute Gasteiger partial charge is 0.0535 e. The zero-order valence-electron chi connectivity index (χ0n) is 9.25. The van der Waals surface area contributed by atoms with E-state index in [1.54, 1.807) is 0 Å². The van der Waals surface area contributed by atoms with Crippen molar-refractivity contribution in [1.82, 2.24) is 15.5 Å².